The molecule has 0 aliphatic carbocycles. The Morgan fingerprint density at radius 1 is 1.11 bits per heavy atom. The molecule has 0 bridgehead atoms. The van der Waals surface area contributed by atoms with Crippen molar-refractivity contribution < 1.29 is 19.1 Å². The van der Waals surface area contributed by atoms with E-state index >= 15 is 0 Å². The molecule has 148 valence electrons. The molecule has 3 N–H and O–H groups in total. The second kappa shape index (κ2) is 10.4. The van der Waals surface area contributed by atoms with Gasteiger partial charge in [0.05, 0.1) is 18.6 Å². The number of hydrogen-bond acceptors (Lipinski definition) is 5. The van der Waals surface area contributed by atoms with Crippen LogP contribution in [0, 0.1) is 0 Å². The average molecular weight is 401 g/mol. The molecule has 0 atom stereocenters. The highest BCUT2D eigenvalue weighted by molar-refractivity contribution is 8.00. The first-order valence-electron chi connectivity index (χ1n) is 8.63. The third kappa shape index (κ3) is 6.31. The van der Waals surface area contributed by atoms with E-state index in [0.717, 1.165) is 4.90 Å². The van der Waals surface area contributed by atoms with Crippen molar-refractivity contribution in [3.8, 4) is 5.75 Å². The Balaban J connectivity index is 2.09. The number of carbonyl (C=O) groups excluding carboxylic acids is 3. The highest BCUT2D eigenvalue weighted by Gasteiger charge is 2.20. The molecule has 0 aliphatic heterocycles. The topological polar surface area (TPSA) is 102 Å². The Morgan fingerprint density at radius 3 is 2.39 bits per heavy atom. The second-order valence-electron chi connectivity index (χ2n) is 5.93. The minimum Gasteiger partial charge on any atom is -0.495 e. The maximum atomic E-state index is 12.9. The molecular formula is C20H23N3O4S. The van der Waals surface area contributed by atoms with E-state index in [4.69, 9.17) is 10.5 Å². The minimum atomic E-state index is -0.478. The van der Waals surface area contributed by atoms with Crippen LogP contribution in [-0.4, -0.2) is 37.1 Å². The van der Waals surface area contributed by atoms with Crippen LogP contribution in [0.15, 0.2) is 53.4 Å². The lowest BCUT2D eigenvalue weighted by Crippen LogP contribution is -2.35. The number of nitrogens with two attached hydrogens (primary N) is 1. The van der Waals surface area contributed by atoms with Crippen LogP contribution in [-0.2, 0) is 14.4 Å². The van der Waals surface area contributed by atoms with E-state index in [9.17, 15) is 14.4 Å². The van der Waals surface area contributed by atoms with Crippen LogP contribution in [0.1, 0.15) is 13.3 Å². The van der Waals surface area contributed by atoms with Gasteiger partial charge in [-0.05, 0) is 36.4 Å². The average Bonchev–Trinajstić information content (AvgIpc) is 2.67. The largest absolute Gasteiger partial charge is 0.495 e. The highest BCUT2D eigenvalue weighted by Crippen LogP contribution is 2.29. The Labute approximate surface area is 168 Å². The monoisotopic (exact) mass is 401 g/mol. The smallest absolute Gasteiger partial charge is 0.237 e. The number of methoxy groups -OCH3 is 1. The van der Waals surface area contributed by atoms with Crippen LogP contribution >= 0.6 is 11.8 Å². The fourth-order valence-electron chi connectivity index (χ4n) is 2.52. The quantitative estimate of drug-likeness (QED) is 0.629. The number of carbonyl (C=O) groups is 3. The van der Waals surface area contributed by atoms with Gasteiger partial charge >= 0.3 is 0 Å². The number of para-hydroxylation sites is 2. The van der Waals surface area contributed by atoms with Crippen LogP contribution in [0.5, 0.6) is 5.75 Å². The highest BCUT2D eigenvalue weighted by atomic mass is 32.2. The molecule has 8 heteroatoms. The molecule has 0 unspecified atom stereocenters. The van der Waals surface area contributed by atoms with Gasteiger partial charge in [0.1, 0.15) is 5.75 Å². The summed E-state index contributed by atoms with van der Waals surface area (Å²) >= 11 is 1.37. The number of hydrogen-bond donors (Lipinski definition) is 2. The van der Waals surface area contributed by atoms with Crippen molar-refractivity contribution in [3.05, 3.63) is 48.5 Å². The number of benzene rings is 2. The normalized spacial score (nSPS) is 10.2. The second-order valence-corrected chi connectivity index (χ2v) is 6.98. The Kier molecular flexibility index (Phi) is 7.88. The number of nitrogens with zero attached hydrogens (tertiary/aromatic N) is 1. The van der Waals surface area contributed by atoms with E-state index in [1.165, 1.54) is 30.7 Å². The Bertz CT molecular complexity index is 840. The van der Waals surface area contributed by atoms with Gasteiger partial charge in [-0.1, -0.05) is 12.1 Å². The third-order valence-corrected chi connectivity index (χ3v) is 4.79. The molecule has 0 aliphatic rings. The number of primary amides is 1. The summed E-state index contributed by atoms with van der Waals surface area (Å²) < 4.78 is 5.34. The summed E-state index contributed by atoms with van der Waals surface area (Å²) in [6, 6.07) is 14.4. The summed E-state index contributed by atoms with van der Waals surface area (Å²) in [7, 11) is 1.53. The number of nitrogens with one attached hydrogen (secondary N) is 1. The molecule has 0 saturated heterocycles. The number of rotatable bonds is 9. The number of amides is 3. The van der Waals surface area contributed by atoms with Crippen LogP contribution in [0.25, 0.3) is 0 Å². The van der Waals surface area contributed by atoms with Crippen molar-refractivity contribution in [1.82, 2.24) is 0 Å². The predicted molar refractivity (Wildman–Crippen MR) is 111 cm³/mol. The minimum absolute atomic E-state index is 0.0554. The summed E-state index contributed by atoms with van der Waals surface area (Å²) in [5, 5.41) is 2.70. The van der Waals surface area contributed by atoms with Gasteiger partial charge < -0.3 is 20.7 Å². The first-order chi connectivity index (χ1) is 13.4. The molecule has 2 rings (SSSR count). The Morgan fingerprint density at radius 2 is 1.79 bits per heavy atom. The van der Waals surface area contributed by atoms with Crippen LogP contribution < -0.4 is 20.7 Å². The molecule has 0 saturated carbocycles. The molecule has 0 spiro atoms. The van der Waals surface area contributed by atoms with E-state index in [-0.39, 0.29) is 30.5 Å². The zero-order chi connectivity index (χ0) is 20.5. The molecule has 7 nitrogen and oxygen atoms in total. The van der Waals surface area contributed by atoms with E-state index in [1.54, 1.807) is 30.3 Å². The molecule has 0 aromatic heterocycles. The summed E-state index contributed by atoms with van der Waals surface area (Å²) in [6.45, 7) is 1.62. The van der Waals surface area contributed by atoms with Crippen molar-refractivity contribution in [3.63, 3.8) is 0 Å². The number of ether oxygens (including phenoxy) is 1. The number of thioether (sulfide) groups is 1. The van der Waals surface area contributed by atoms with Gasteiger partial charge in [0.2, 0.25) is 17.7 Å². The van der Waals surface area contributed by atoms with E-state index in [1.807, 2.05) is 18.2 Å². The summed E-state index contributed by atoms with van der Waals surface area (Å²) in [4.78, 5) is 37.5. The van der Waals surface area contributed by atoms with Gasteiger partial charge in [-0.15, -0.1) is 11.8 Å². The molecular weight excluding hydrogens is 378 g/mol. The fourth-order valence-corrected chi connectivity index (χ4v) is 3.29. The summed E-state index contributed by atoms with van der Waals surface area (Å²) in [5.41, 5.74) is 6.55. The molecule has 3 amide bonds. The lowest BCUT2D eigenvalue weighted by Gasteiger charge is -2.24. The van der Waals surface area contributed by atoms with Crippen molar-refractivity contribution >= 4 is 40.9 Å². The van der Waals surface area contributed by atoms with Gasteiger partial charge in [-0.3, -0.25) is 14.4 Å². The SMILES string of the molecule is COc1ccccc1N(CCC(N)=O)C(=O)CSc1ccc(NC(C)=O)cc1. The molecule has 28 heavy (non-hydrogen) atoms. The van der Waals surface area contributed by atoms with Crippen LogP contribution in [0.4, 0.5) is 11.4 Å². The lowest BCUT2D eigenvalue weighted by atomic mass is 10.2. The van der Waals surface area contributed by atoms with E-state index in [2.05, 4.69) is 5.32 Å². The van der Waals surface area contributed by atoms with Crippen LogP contribution in [0.3, 0.4) is 0 Å². The van der Waals surface area contributed by atoms with Crippen LogP contribution in [0.2, 0.25) is 0 Å². The number of anilines is 2. The maximum absolute atomic E-state index is 12.9. The molecule has 2 aromatic carbocycles. The van der Waals surface area contributed by atoms with Crippen molar-refractivity contribution in [2.24, 2.45) is 5.73 Å². The van der Waals surface area contributed by atoms with Crippen molar-refractivity contribution in [2.45, 2.75) is 18.2 Å². The first-order valence-corrected chi connectivity index (χ1v) is 9.61. The van der Waals surface area contributed by atoms with Crippen molar-refractivity contribution in [1.29, 1.82) is 0 Å². The first kappa shape index (κ1) is 21.3. The molecule has 0 fully saturated rings. The van der Waals surface area contributed by atoms with Gasteiger partial charge in [0.15, 0.2) is 0 Å². The molecule has 0 heterocycles. The predicted octanol–water partition coefficient (Wildman–Crippen LogP) is 2.65. The standard InChI is InChI=1S/C20H23N3O4S/c1-14(24)22-15-7-9-16(10-8-15)28-13-20(26)23(12-11-19(21)25)17-5-3-4-6-18(17)27-2/h3-10H,11-13H2,1-2H3,(H2,21,25)(H,22,24). The Hall–Kier alpha value is -3.00. The van der Waals surface area contributed by atoms with Gasteiger partial charge in [0.25, 0.3) is 0 Å². The lowest BCUT2D eigenvalue weighted by molar-refractivity contribution is -0.118. The third-order valence-electron chi connectivity index (χ3n) is 3.80. The van der Waals surface area contributed by atoms with Crippen molar-refractivity contribution in [2.75, 3.05) is 29.6 Å². The fraction of sp³-hybridized carbons (Fsp3) is 0.250. The zero-order valence-corrected chi connectivity index (χ0v) is 16.6. The summed E-state index contributed by atoms with van der Waals surface area (Å²) in [6.07, 6.45) is 0.0554. The maximum Gasteiger partial charge on any atom is 0.237 e. The van der Waals surface area contributed by atoms with Gasteiger partial charge in [-0.2, -0.15) is 0 Å². The molecule has 2 aromatic rings. The van der Waals surface area contributed by atoms with E-state index in [0.29, 0.717) is 17.1 Å². The zero-order valence-electron chi connectivity index (χ0n) is 15.8. The van der Waals surface area contributed by atoms with Gasteiger partial charge in [-0.25, -0.2) is 0 Å². The van der Waals surface area contributed by atoms with Gasteiger partial charge in [0, 0.05) is 30.5 Å². The summed E-state index contributed by atoms with van der Waals surface area (Å²) in [5.74, 6) is -0.0610. The molecule has 0 radical (unpaired) electrons. The van der Waals surface area contributed by atoms with E-state index < -0.39 is 5.91 Å².